The molecule has 182 valence electrons. The van der Waals surface area contributed by atoms with Crippen LogP contribution in [0.2, 0.25) is 5.02 Å². The highest BCUT2D eigenvalue weighted by Gasteiger charge is 2.19. The van der Waals surface area contributed by atoms with Crippen LogP contribution in [-0.4, -0.2) is 18.9 Å². The number of hydrogen-bond acceptors (Lipinski definition) is 3. The number of halogens is 2. The van der Waals surface area contributed by atoms with E-state index in [9.17, 15) is 17.6 Å². The summed E-state index contributed by atoms with van der Waals surface area (Å²) in [7, 11) is -4.09. The van der Waals surface area contributed by atoms with Gasteiger partial charge in [-0.25, -0.2) is 12.8 Å². The monoisotopic (exact) mass is 521 g/mol. The van der Waals surface area contributed by atoms with Crippen LogP contribution in [0.1, 0.15) is 17.3 Å². The maximum Gasteiger partial charge on any atom is 0.261 e. The maximum atomic E-state index is 14.8. The van der Waals surface area contributed by atoms with Gasteiger partial charge in [0.2, 0.25) is 0 Å². The molecule has 0 aliphatic carbocycles. The molecule has 5 aromatic rings. The van der Waals surface area contributed by atoms with Gasteiger partial charge in [0.15, 0.2) is 0 Å². The van der Waals surface area contributed by atoms with E-state index >= 15 is 0 Å². The molecule has 2 N–H and O–H groups in total. The summed E-state index contributed by atoms with van der Waals surface area (Å²) in [6, 6.07) is 22.8. The SMILES string of the molecule is CCn1c2ccccc2c2cc(NS(=O)(=O)c3ccc(NC(=O)c4cccc(Cl)c4)c(F)c3)ccc21. The number of anilines is 2. The molecule has 4 aromatic carbocycles. The quantitative estimate of drug-likeness (QED) is 0.262. The van der Waals surface area contributed by atoms with Gasteiger partial charge in [0.1, 0.15) is 5.82 Å². The molecule has 0 aliphatic rings. The minimum Gasteiger partial charge on any atom is -0.341 e. The Morgan fingerprint density at radius 3 is 2.44 bits per heavy atom. The molecule has 0 saturated carbocycles. The molecule has 9 heteroatoms. The zero-order chi connectivity index (χ0) is 25.4. The van der Waals surface area contributed by atoms with Gasteiger partial charge >= 0.3 is 0 Å². The van der Waals surface area contributed by atoms with Crippen LogP contribution in [0.5, 0.6) is 0 Å². The Balaban J connectivity index is 1.41. The van der Waals surface area contributed by atoms with E-state index in [-0.39, 0.29) is 16.1 Å². The lowest BCUT2D eigenvalue weighted by molar-refractivity contribution is 0.102. The van der Waals surface area contributed by atoms with Crippen molar-refractivity contribution in [3.63, 3.8) is 0 Å². The van der Waals surface area contributed by atoms with Crippen LogP contribution >= 0.6 is 11.6 Å². The lowest BCUT2D eigenvalue weighted by Gasteiger charge is -2.11. The third-order valence-corrected chi connectivity index (χ3v) is 7.54. The van der Waals surface area contributed by atoms with Gasteiger partial charge in [-0.3, -0.25) is 9.52 Å². The van der Waals surface area contributed by atoms with Crippen LogP contribution in [0.4, 0.5) is 15.8 Å². The summed E-state index contributed by atoms with van der Waals surface area (Å²) in [5.41, 5.74) is 2.52. The number of fused-ring (bicyclic) bond motifs is 3. The maximum absolute atomic E-state index is 14.8. The van der Waals surface area contributed by atoms with E-state index in [2.05, 4.69) is 21.5 Å². The van der Waals surface area contributed by atoms with Gasteiger partial charge in [-0.2, -0.15) is 0 Å². The zero-order valence-corrected chi connectivity index (χ0v) is 20.7. The number of rotatable bonds is 6. The number of sulfonamides is 1. The predicted molar refractivity (Wildman–Crippen MR) is 142 cm³/mol. The molecule has 0 unspecified atom stereocenters. The molecule has 0 saturated heterocycles. The summed E-state index contributed by atoms with van der Waals surface area (Å²) in [4.78, 5) is 12.1. The van der Waals surface area contributed by atoms with Crippen molar-refractivity contribution in [1.29, 1.82) is 0 Å². The fourth-order valence-electron chi connectivity index (χ4n) is 4.26. The molecule has 36 heavy (non-hydrogen) atoms. The van der Waals surface area contributed by atoms with Gasteiger partial charge in [0.25, 0.3) is 15.9 Å². The number of carbonyl (C=O) groups excluding carboxylic acids is 1. The number of amides is 1. The van der Waals surface area contributed by atoms with Crippen molar-refractivity contribution in [2.24, 2.45) is 0 Å². The Hall–Kier alpha value is -3.88. The van der Waals surface area contributed by atoms with E-state index in [0.29, 0.717) is 10.7 Å². The highest BCUT2D eigenvalue weighted by atomic mass is 35.5. The average molecular weight is 522 g/mol. The smallest absolute Gasteiger partial charge is 0.261 e. The van der Waals surface area contributed by atoms with Crippen LogP contribution in [0.25, 0.3) is 21.8 Å². The van der Waals surface area contributed by atoms with Crippen molar-refractivity contribution >= 4 is 60.7 Å². The largest absolute Gasteiger partial charge is 0.341 e. The predicted octanol–water partition coefficient (Wildman–Crippen LogP) is 6.66. The molecule has 0 fully saturated rings. The molecular weight excluding hydrogens is 501 g/mol. The first-order valence-electron chi connectivity index (χ1n) is 11.2. The van der Waals surface area contributed by atoms with Crippen LogP contribution in [0.15, 0.2) is 89.8 Å². The standard InChI is InChI=1S/C27H21ClFN3O3S/c1-2-32-25-9-4-3-8-21(25)22-15-19(10-13-26(22)32)31-36(34,35)20-11-12-24(23(29)16-20)30-27(33)17-6-5-7-18(28)14-17/h3-16,31H,2H2,1H3,(H,30,33). The molecule has 1 amide bonds. The number of benzene rings is 4. The third-order valence-electron chi connectivity index (χ3n) is 5.93. The summed E-state index contributed by atoms with van der Waals surface area (Å²) < 4.78 is 45.5. The summed E-state index contributed by atoms with van der Waals surface area (Å²) in [6.45, 7) is 2.83. The van der Waals surface area contributed by atoms with Gasteiger partial charge in [-0.1, -0.05) is 35.9 Å². The van der Waals surface area contributed by atoms with E-state index in [0.717, 1.165) is 34.4 Å². The minimum absolute atomic E-state index is 0.146. The Bertz CT molecular complexity index is 1750. The Labute approximate surface area is 212 Å². The van der Waals surface area contributed by atoms with Crippen LogP contribution in [0.3, 0.4) is 0 Å². The highest BCUT2D eigenvalue weighted by Crippen LogP contribution is 2.32. The Morgan fingerprint density at radius 1 is 0.917 bits per heavy atom. The first kappa shape index (κ1) is 23.8. The van der Waals surface area contributed by atoms with Crippen molar-refractivity contribution in [2.75, 3.05) is 10.0 Å². The summed E-state index contributed by atoms with van der Waals surface area (Å²) in [5, 5.41) is 4.74. The topological polar surface area (TPSA) is 80.2 Å². The van der Waals surface area contributed by atoms with E-state index in [1.165, 1.54) is 24.3 Å². The van der Waals surface area contributed by atoms with Gasteiger partial charge in [-0.15, -0.1) is 0 Å². The van der Waals surface area contributed by atoms with Gasteiger partial charge < -0.3 is 9.88 Å². The van der Waals surface area contributed by atoms with Crippen molar-refractivity contribution in [2.45, 2.75) is 18.4 Å². The number of aromatic nitrogens is 1. The van der Waals surface area contributed by atoms with E-state index in [4.69, 9.17) is 11.6 Å². The number of aryl methyl sites for hydroxylation is 1. The molecule has 1 heterocycles. The van der Waals surface area contributed by atoms with Crippen LogP contribution in [-0.2, 0) is 16.6 Å². The summed E-state index contributed by atoms with van der Waals surface area (Å²) >= 11 is 5.90. The normalized spacial score (nSPS) is 11.6. The second-order valence-electron chi connectivity index (χ2n) is 8.20. The van der Waals surface area contributed by atoms with Gasteiger partial charge in [0, 0.05) is 44.6 Å². The molecule has 1 aromatic heterocycles. The molecule has 0 atom stereocenters. The molecular formula is C27H21ClFN3O3S. The molecule has 6 nitrogen and oxygen atoms in total. The van der Waals surface area contributed by atoms with Crippen molar-refractivity contribution < 1.29 is 17.6 Å². The molecule has 0 aliphatic heterocycles. The van der Waals surface area contributed by atoms with Crippen LogP contribution in [0, 0.1) is 5.82 Å². The van der Waals surface area contributed by atoms with Crippen molar-refractivity contribution in [1.82, 2.24) is 4.57 Å². The van der Waals surface area contributed by atoms with Gasteiger partial charge in [0.05, 0.1) is 10.6 Å². The molecule has 0 bridgehead atoms. The number of para-hydroxylation sites is 1. The first-order valence-corrected chi connectivity index (χ1v) is 13.0. The first-order chi connectivity index (χ1) is 17.3. The zero-order valence-electron chi connectivity index (χ0n) is 19.1. The third kappa shape index (κ3) is 4.41. The number of nitrogens with zero attached hydrogens (tertiary/aromatic N) is 1. The van der Waals surface area contributed by atoms with E-state index in [1.807, 2.05) is 30.3 Å². The van der Waals surface area contributed by atoms with Crippen LogP contribution < -0.4 is 10.0 Å². The lowest BCUT2D eigenvalue weighted by Crippen LogP contribution is -2.15. The second kappa shape index (κ2) is 9.29. The van der Waals surface area contributed by atoms with E-state index in [1.54, 1.807) is 24.3 Å². The Kier molecular flexibility index (Phi) is 6.15. The van der Waals surface area contributed by atoms with Gasteiger partial charge in [-0.05, 0) is 67.6 Å². The molecule has 0 radical (unpaired) electrons. The highest BCUT2D eigenvalue weighted by molar-refractivity contribution is 7.92. The van der Waals surface area contributed by atoms with Crippen molar-refractivity contribution in [3.05, 3.63) is 101 Å². The fourth-order valence-corrected chi connectivity index (χ4v) is 5.51. The lowest BCUT2D eigenvalue weighted by atomic mass is 10.1. The molecule has 5 rings (SSSR count). The summed E-state index contributed by atoms with van der Waals surface area (Å²) in [5.74, 6) is -1.45. The number of hydrogen-bond donors (Lipinski definition) is 2. The van der Waals surface area contributed by atoms with E-state index < -0.39 is 21.7 Å². The average Bonchev–Trinajstić information content (AvgIpc) is 3.18. The number of nitrogens with one attached hydrogen (secondary N) is 2. The minimum atomic E-state index is -4.09. The summed E-state index contributed by atoms with van der Waals surface area (Å²) in [6.07, 6.45) is 0. The fraction of sp³-hybridized carbons (Fsp3) is 0.0741. The van der Waals surface area contributed by atoms with Crippen molar-refractivity contribution in [3.8, 4) is 0 Å². The number of carbonyl (C=O) groups is 1. The second-order valence-corrected chi connectivity index (χ2v) is 10.3. The molecule has 0 spiro atoms. The Morgan fingerprint density at radius 2 is 1.69 bits per heavy atom.